The number of hydrogen-bond acceptors (Lipinski definition) is 2. The van der Waals surface area contributed by atoms with Crippen LogP contribution in [0.3, 0.4) is 0 Å². The quantitative estimate of drug-likeness (QED) is 0.636. The molecule has 3 heteroatoms. The molecule has 1 aromatic rings. The van der Waals surface area contributed by atoms with Crippen LogP contribution in [0.2, 0.25) is 0 Å². The summed E-state index contributed by atoms with van der Waals surface area (Å²) in [6, 6.07) is 7.78. The maximum atomic E-state index is 8.31. The van der Waals surface area contributed by atoms with E-state index >= 15 is 0 Å². The monoisotopic (exact) mass is 228 g/mol. The third-order valence-electron chi connectivity index (χ3n) is 1.30. The van der Waals surface area contributed by atoms with Crippen molar-refractivity contribution in [2.45, 2.75) is 0 Å². The zero-order valence-corrected chi connectivity index (χ0v) is 7.99. The zero-order chi connectivity index (χ0) is 8.81. The molecular formula is C9H9BrO2. The first-order chi connectivity index (χ1) is 5.83. The van der Waals surface area contributed by atoms with Crippen molar-refractivity contribution in [3.63, 3.8) is 0 Å². The molecule has 64 valence electrons. The Morgan fingerprint density at radius 1 is 1.33 bits per heavy atom. The van der Waals surface area contributed by atoms with E-state index in [1.165, 1.54) is 6.26 Å². The first-order valence-corrected chi connectivity index (χ1v) is 4.27. The number of aliphatic hydroxyl groups excluding tert-OH is 1. The van der Waals surface area contributed by atoms with E-state index in [2.05, 4.69) is 20.7 Å². The van der Waals surface area contributed by atoms with E-state index in [0.29, 0.717) is 0 Å². The summed E-state index contributed by atoms with van der Waals surface area (Å²) in [6.45, 7) is -0.285. The second-order valence-electron chi connectivity index (χ2n) is 2.15. The first kappa shape index (κ1) is 9.29. The highest BCUT2D eigenvalue weighted by atomic mass is 79.9. The fraction of sp³-hybridized carbons (Fsp3) is 0.111. The molecule has 0 aliphatic carbocycles. The zero-order valence-electron chi connectivity index (χ0n) is 6.40. The van der Waals surface area contributed by atoms with Crippen molar-refractivity contribution in [2.75, 3.05) is 6.79 Å². The van der Waals surface area contributed by atoms with E-state index in [0.717, 1.165) is 10.0 Å². The molecule has 0 fully saturated rings. The Kier molecular flexibility index (Phi) is 3.84. The Morgan fingerprint density at radius 2 is 2.00 bits per heavy atom. The smallest absolute Gasteiger partial charge is 0.185 e. The lowest BCUT2D eigenvalue weighted by Gasteiger charge is -1.94. The van der Waals surface area contributed by atoms with Crippen LogP contribution in [0.15, 0.2) is 35.0 Å². The molecule has 0 saturated carbocycles. The average molecular weight is 229 g/mol. The van der Waals surface area contributed by atoms with Gasteiger partial charge in [-0.1, -0.05) is 28.1 Å². The molecule has 0 spiro atoms. The Morgan fingerprint density at radius 3 is 2.58 bits per heavy atom. The highest BCUT2D eigenvalue weighted by Crippen LogP contribution is 2.11. The lowest BCUT2D eigenvalue weighted by Crippen LogP contribution is -1.80. The van der Waals surface area contributed by atoms with E-state index in [4.69, 9.17) is 5.11 Å². The van der Waals surface area contributed by atoms with Gasteiger partial charge in [0, 0.05) is 4.47 Å². The molecule has 0 saturated heterocycles. The highest BCUT2D eigenvalue weighted by Gasteiger charge is 1.86. The van der Waals surface area contributed by atoms with Gasteiger partial charge >= 0.3 is 0 Å². The Balaban J connectivity index is 2.58. The normalized spacial score (nSPS) is 10.5. The van der Waals surface area contributed by atoms with Gasteiger partial charge < -0.3 is 9.84 Å². The van der Waals surface area contributed by atoms with Crippen LogP contribution in [0, 0.1) is 0 Å². The average Bonchev–Trinajstić information content (AvgIpc) is 2.09. The van der Waals surface area contributed by atoms with Crippen LogP contribution >= 0.6 is 15.9 Å². The Bertz CT molecular complexity index is 254. The Labute approximate surface area is 79.6 Å². The molecule has 1 N–H and O–H groups in total. The molecule has 0 radical (unpaired) electrons. The second-order valence-corrected chi connectivity index (χ2v) is 3.07. The first-order valence-electron chi connectivity index (χ1n) is 3.47. The van der Waals surface area contributed by atoms with E-state index in [-0.39, 0.29) is 6.79 Å². The van der Waals surface area contributed by atoms with Crippen molar-refractivity contribution in [2.24, 2.45) is 0 Å². The molecule has 0 aliphatic rings. The number of aliphatic hydroxyl groups is 1. The fourth-order valence-corrected chi connectivity index (χ4v) is 1.01. The van der Waals surface area contributed by atoms with Gasteiger partial charge in [0.15, 0.2) is 6.79 Å². The van der Waals surface area contributed by atoms with Gasteiger partial charge in [-0.2, -0.15) is 0 Å². The van der Waals surface area contributed by atoms with Crippen molar-refractivity contribution < 1.29 is 9.84 Å². The van der Waals surface area contributed by atoms with E-state index < -0.39 is 0 Å². The third-order valence-corrected chi connectivity index (χ3v) is 1.83. The number of hydrogen-bond donors (Lipinski definition) is 1. The summed E-state index contributed by atoms with van der Waals surface area (Å²) in [4.78, 5) is 0. The predicted molar refractivity (Wildman–Crippen MR) is 51.3 cm³/mol. The van der Waals surface area contributed by atoms with Crippen molar-refractivity contribution in [1.82, 2.24) is 0 Å². The predicted octanol–water partition coefficient (Wildman–Crippen LogP) is 2.39. The van der Waals surface area contributed by atoms with Crippen LogP contribution in [-0.4, -0.2) is 11.9 Å². The van der Waals surface area contributed by atoms with Gasteiger partial charge in [0.05, 0.1) is 6.26 Å². The topological polar surface area (TPSA) is 29.5 Å². The summed E-state index contributed by atoms with van der Waals surface area (Å²) in [6.07, 6.45) is 3.24. The van der Waals surface area contributed by atoms with Crippen molar-refractivity contribution >= 4 is 22.0 Å². The largest absolute Gasteiger partial charge is 0.475 e. The molecule has 0 atom stereocenters. The molecule has 0 unspecified atom stereocenters. The standard InChI is InChI=1S/C9H9BrO2/c10-9-3-1-8(2-4-9)5-6-12-7-11/h1-6,11H,7H2. The number of ether oxygens (including phenoxy) is 1. The van der Waals surface area contributed by atoms with Crippen molar-refractivity contribution in [3.8, 4) is 0 Å². The van der Waals surface area contributed by atoms with E-state index in [1.54, 1.807) is 6.08 Å². The summed E-state index contributed by atoms with van der Waals surface area (Å²) in [7, 11) is 0. The molecule has 0 amide bonds. The molecular weight excluding hydrogens is 220 g/mol. The van der Waals surface area contributed by atoms with Crippen LogP contribution in [0.25, 0.3) is 6.08 Å². The second kappa shape index (κ2) is 4.95. The number of halogens is 1. The molecule has 1 aromatic carbocycles. The van der Waals surface area contributed by atoms with Crippen LogP contribution in [0.1, 0.15) is 5.56 Å². The minimum atomic E-state index is -0.285. The van der Waals surface area contributed by atoms with Gasteiger partial charge in [-0.3, -0.25) is 0 Å². The molecule has 0 heterocycles. The molecule has 0 bridgehead atoms. The van der Waals surface area contributed by atoms with Crippen LogP contribution in [0.4, 0.5) is 0 Å². The maximum Gasteiger partial charge on any atom is 0.185 e. The lowest BCUT2D eigenvalue weighted by molar-refractivity contribution is 0.0614. The summed E-state index contributed by atoms with van der Waals surface area (Å²) >= 11 is 3.33. The van der Waals surface area contributed by atoms with Gasteiger partial charge in [-0.05, 0) is 23.8 Å². The van der Waals surface area contributed by atoms with Crippen LogP contribution < -0.4 is 0 Å². The van der Waals surface area contributed by atoms with Crippen molar-refractivity contribution in [3.05, 3.63) is 40.6 Å². The maximum absolute atomic E-state index is 8.31. The van der Waals surface area contributed by atoms with Gasteiger partial charge in [-0.25, -0.2) is 0 Å². The molecule has 0 aromatic heterocycles. The molecule has 0 aliphatic heterocycles. The summed E-state index contributed by atoms with van der Waals surface area (Å²) in [5.74, 6) is 0. The third kappa shape index (κ3) is 3.07. The summed E-state index contributed by atoms with van der Waals surface area (Å²) in [5.41, 5.74) is 1.03. The van der Waals surface area contributed by atoms with Crippen molar-refractivity contribution in [1.29, 1.82) is 0 Å². The SMILES string of the molecule is OCOC=Cc1ccc(Br)cc1. The van der Waals surface area contributed by atoms with Crippen LogP contribution in [0.5, 0.6) is 0 Å². The molecule has 1 rings (SSSR count). The van der Waals surface area contributed by atoms with E-state index in [9.17, 15) is 0 Å². The highest BCUT2D eigenvalue weighted by molar-refractivity contribution is 9.10. The summed E-state index contributed by atoms with van der Waals surface area (Å²) in [5, 5.41) is 8.31. The number of benzene rings is 1. The minimum Gasteiger partial charge on any atom is -0.475 e. The van der Waals surface area contributed by atoms with Gasteiger partial charge in [0.2, 0.25) is 0 Å². The van der Waals surface area contributed by atoms with Gasteiger partial charge in [0.25, 0.3) is 0 Å². The van der Waals surface area contributed by atoms with Gasteiger partial charge in [-0.15, -0.1) is 0 Å². The fourth-order valence-electron chi connectivity index (χ4n) is 0.744. The number of rotatable bonds is 3. The lowest BCUT2D eigenvalue weighted by atomic mass is 10.2. The van der Waals surface area contributed by atoms with E-state index in [1.807, 2.05) is 24.3 Å². The summed E-state index contributed by atoms with van der Waals surface area (Å²) < 4.78 is 5.68. The minimum absolute atomic E-state index is 0.285. The Hall–Kier alpha value is -0.800. The van der Waals surface area contributed by atoms with Crippen LogP contribution in [-0.2, 0) is 4.74 Å². The van der Waals surface area contributed by atoms with Gasteiger partial charge in [0.1, 0.15) is 0 Å². The molecule has 2 nitrogen and oxygen atoms in total. The molecule has 12 heavy (non-hydrogen) atoms.